The van der Waals surface area contributed by atoms with Crippen LogP contribution in [-0.4, -0.2) is 22.1 Å². The standard InChI is InChI=1S/C12H15BrN6O/c1-6-4-8(5-7(2)9(6)13)15-10-16-11(19-14)18-12(17-10)20-3/h4-5H,14H2,1-3H3,(H2,15,16,17,18,19). The van der Waals surface area contributed by atoms with Crippen molar-refractivity contribution in [1.29, 1.82) is 0 Å². The number of nitrogens with one attached hydrogen (secondary N) is 2. The summed E-state index contributed by atoms with van der Waals surface area (Å²) in [5.41, 5.74) is 5.48. The molecule has 106 valence electrons. The second-order valence-electron chi connectivity index (χ2n) is 4.16. The summed E-state index contributed by atoms with van der Waals surface area (Å²) in [5.74, 6) is 5.89. The largest absolute Gasteiger partial charge is 0.467 e. The molecule has 0 saturated carbocycles. The van der Waals surface area contributed by atoms with Crippen molar-refractivity contribution in [2.75, 3.05) is 17.9 Å². The lowest BCUT2D eigenvalue weighted by Crippen LogP contribution is -2.13. The van der Waals surface area contributed by atoms with Crippen LogP contribution >= 0.6 is 15.9 Å². The molecule has 0 unspecified atom stereocenters. The smallest absolute Gasteiger partial charge is 0.322 e. The molecule has 0 fully saturated rings. The second-order valence-corrected chi connectivity index (χ2v) is 4.96. The van der Waals surface area contributed by atoms with E-state index < -0.39 is 0 Å². The first kappa shape index (κ1) is 14.5. The number of hydrazine groups is 1. The van der Waals surface area contributed by atoms with Crippen molar-refractivity contribution >= 4 is 33.5 Å². The minimum Gasteiger partial charge on any atom is -0.467 e. The van der Waals surface area contributed by atoms with Crippen molar-refractivity contribution < 1.29 is 4.74 Å². The van der Waals surface area contributed by atoms with E-state index in [0.29, 0.717) is 5.95 Å². The van der Waals surface area contributed by atoms with Crippen LogP contribution in [0.25, 0.3) is 0 Å². The van der Waals surface area contributed by atoms with Gasteiger partial charge in [-0.25, -0.2) is 5.84 Å². The number of aromatic nitrogens is 3. The van der Waals surface area contributed by atoms with Gasteiger partial charge in [-0.1, -0.05) is 15.9 Å². The number of anilines is 3. The molecule has 0 spiro atoms. The Kier molecular flexibility index (Phi) is 4.35. The van der Waals surface area contributed by atoms with Crippen molar-refractivity contribution in [3.63, 3.8) is 0 Å². The molecule has 0 atom stereocenters. The van der Waals surface area contributed by atoms with Crippen LogP contribution < -0.4 is 21.3 Å². The highest BCUT2D eigenvalue weighted by atomic mass is 79.9. The highest BCUT2D eigenvalue weighted by Gasteiger charge is 2.08. The Morgan fingerprint density at radius 1 is 1.10 bits per heavy atom. The normalized spacial score (nSPS) is 10.2. The molecule has 1 aromatic carbocycles. The van der Waals surface area contributed by atoms with Crippen LogP contribution in [0.4, 0.5) is 17.6 Å². The van der Waals surface area contributed by atoms with Gasteiger partial charge in [-0.2, -0.15) is 15.0 Å². The first-order chi connectivity index (χ1) is 9.53. The summed E-state index contributed by atoms with van der Waals surface area (Å²) in [5, 5.41) is 3.10. The van der Waals surface area contributed by atoms with E-state index >= 15 is 0 Å². The number of hydrogen-bond donors (Lipinski definition) is 3. The minimum atomic E-state index is 0.181. The zero-order valence-electron chi connectivity index (χ0n) is 11.4. The van der Waals surface area contributed by atoms with E-state index in [1.807, 2.05) is 26.0 Å². The van der Waals surface area contributed by atoms with Crippen molar-refractivity contribution in [2.45, 2.75) is 13.8 Å². The van der Waals surface area contributed by atoms with E-state index in [9.17, 15) is 0 Å². The van der Waals surface area contributed by atoms with E-state index in [1.54, 1.807) is 0 Å². The Bertz CT molecular complexity index is 588. The van der Waals surface area contributed by atoms with Gasteiger partial charge in [0.2, 0.25) is 11.9 Å². The average Bonchev–Trinajstić information content (AvgIpc) is 2.44. The van der Waals surface area contributed by atoms with E-state index in [1.165, 1.54) is 7.11 Å². The Labute approximate surface area is 125 Å². The highest BCUT2D eigenvalue weighted by Crippen LogP contribution is 2.26. The molecule has 0 aliphatic rings. The second kappa shape index (κ2) is 6.02. The molecule has 0 radical (unpaired) electrons. The Balaban J connectivity index is 2.34. The van der Waals surface area contributed by atoms with Gasteiger partial charge in [0.15, 0.2) is 0 Å². The maximum absolute atomic E-state index is 5.31. The molecule has 2 rings (SSSR count). The van der Waals surface area contributed by atoms with Gasteiger partial charge in [0, 0.05) is 10.2 Å². The van der Waals surface area contributed by atoms with Gasteiger partial charge < -0.3 is 10.1 Å². The molecule has 0 amide bonds. The molecule has 1 aromatic heterocycles. The molecule has 0 aliphatic heterocycles. The number of nitrogen functional groups attached to an aromatic ring is 1. The van der Waals surface area contributed by atoms with Gasteiger partial charge in [0.25, 0.3) is 0 Å². The van der Waals surface area contributed by atoms with Crippen molar-refractivity contribution in [3.8, 4) is 6.01 Å². The molecule has 1 heterocycles. The fourth-order valence-corrected chi connectivity index (χ4v) is 1.94. The lowest BCUT2D eigenvalue weighted by atomic mass is 10.1. The number of ether oxygens (including phenoxy) is 1. The first-order valence-corrected chi connectivity index (χ1v) is 6.63. The van der Waals surface area contributed by atoms with Crippen molar-refractivity contribution in [3.05, 3.63) is 27.7 Å². The summed E-state index contributed by atoms with van der Waals surface area (Å²) < 4.78 is 6.08. The molecule has 8 heteroatoms. The van der Waals surface area contributed by atoms with E-state index in [-0.39, 0.29) is 12.0 Å². The van der Waals surface area contributed by atoms with Gasteiger partial charge >= 0.3 is 6.01 Å². The molecule has 20 heavy (non-hydrogen) atoms. The quantitative estimate of drug-likeness (QED) is 0.581. The van der Waals surface area contributed by atoms with E-state index in [0.717, 1.165) is 21.3 Å². The van der Waals surface area contributed by atoms with Gasteiger partial charge in [-0.15, -0.1) is 0 Å². The number of benzene rings is 1. The minimum absolute atomic E-state index is 0.181. The lowest BCUT2D eigenvalue weighted by Gasteiger charge is -2.10. The van der Waals surface area contributed by atoms with Crippen LogP contribution in [0.1, 0.15) is 11.1 Å². The summed E-state index contributed by atoms with van der Waals surface area (Å²) in [6, 6.07) is 4.16. The van der Waals surface area contributed by atoms with Gasteiger partial charge in [0.1, 0.15) is 0 Å². The van der Waals surface area contributed by atoms with Crippen molar-refractivity contribution in [1.82, 2.24) is 15.0 Å². The predicted octanol–water partition coefficient (Wildman–Crippen LogP) is 2.29. The maximum atomic E-state index is 5.31. The van der Waals surface area contributed by atoms with Crippen LogP contribution in [0.3, 0.4) is 0 Å². The number of aryl methyl sites for hydroxylation is 2. The first-order valence-electron chi connectivity index (χ1n) is 5.84. The lowest BCUT2D eigenvalue weighted by molar-refractivity contribution is 0.379. The number of nitrogens with zero attached hydrogens (tertiary/aromatic N) is 3. The number of nitrogens with two attached hydrogens (primary N) is 1. The van der Waals surface area contributed by atoms with Gasteiger partial charge in [-0.3, -0.25) is 5.43 Å². The van der Waals surface area contributed by atoms with Crippen LogP contribution in [0, 0.1) is 13.8 Å². The third-order valence-corrected chi connectivity index (χ3v) is 3.87. The monoisotopic (exact) mass is 338 g/mol. The summed E-state index contributed by atoms with van der Waals surface area (Å²) in [7, 11) is 1.48. The molecule has 2 aromatic rings. The predicted molar refractivity (Wildman–Crippen MR) is 81.1 cm³/mol. The van der Waals surface area contributed by atoms with Crippen molar-refractivity contribution in [2.24, 2.45) is 5.84 Å². The topological polar surface area (TPSA) is 98.0 Å². The number of rotatable bonds is 4. The van der Waals surface area contributed by atoms with Crippen LogP contribution in [0.5, 0.6) is 6.01 Å². The molecular formula is C12H15BrN6O. The Morgan fingerprint density at radius 2 is 1.70 bits per heavy atom. The average molecular weight is 339 g/mol. The number of methoxy groups -OCH3 is 1. The maximum Gasteiger partial charge on any atom is 0.322 e. The fraction of sp³-hybridized carbons (Fsp3) is 0.250. The van der Waals surface area contributed by atoms with E-state index in [2.05, 4.69) is 41.6 Å². The van der Waals surface area contributed by atoms with Crippen LogP contribution in [-0.2, 0) is 0 Å². The summed E-state index contributed by atoms with van der Waals surface area (Å²) >= 11 is 3.53. The number of hydrogen-bond acceptors (Lipinski definition) is 7. The summed E-state index contributed by atoms with van der Waals surface area (Å²) in [6.45, 7) is 4.03. The molecular weight excluding hydrogens is 324 g/mol. The van der Waals surface area contributed by atoms with Crippen LogP contribution in [0.15, 0.2) is 16.6 Å². The molecule has 7 nitrogen and oxygen atoms in total. The summed E-state index contributed by atoms with van der Waals surface area (Å²) in [4.78, 5) is 12.2. The molecule has 0 aliphatic carbocycles. The van der Waals surface area contributed by atoms with Gasteiger partial charge in [-0.05, 0) is 37.1 Å². The Morgan fingerprint density at radius 3 is 2.25 bits per heavy atom. The highest BCUT2D eigenvalue weighted by molar-refractivity contribution is 9.10. The Hall–Kier alpha value is -1.93. The fourth-order valence-electron chi connectivity index (χ4n) is 1.72. The zero-order chi connectivity index (χ0) is 14.7. The zero-order valence-corrected chi connectivity index (χ0v) is 12.9. The van der Waals surface area contributed by atoms with E-state index in [4.69, 9.17) is 10.6 Å². The molecule has 4 N–H and O–H groups in total. The van der Waals surface area contributed by atoms with Gasteiger partial charge in [0.05, 0.1) is 7.11 Å². The third kappa shape index (κ3) is 3.14. The SMILES string of the molecule is COc1nc(NN)nc(Nc2cc(C)c(Br)c(C)c2)n1. The summed E-state index contributed by atoms with van der Waals surface area (Å²) in [6.07, 6.45) is 0. The molecule has 0 saturated heterocycles. The third-order valence-electron chi connectivity index (χ3n) is 2.62. The number of halogens is 1. The van der Waals surface area contributed by atoms with Crippen LogP contribution in [0.2, 0.25) is 0 Å². The molecule has 0 bridgehead atoms.